The molecule has 3 atom stereocenters. The van der Waals surface area contributed by atoms with E-state index in [-0.39, 0.29) is 23.4 Å². The van der Waals surface area contributed by atoms with Crippen molar-refractivity contribution >= 4 is 20.1 Å². The molecule has 1 N–H and O–H groups in total. The molecule has 1 rings (SSSR count). The first kappa shape index (κ1) is 22.1. The molecule has 1 aliphatic heterocycles. The van der Waals surface area contributed by atoms with Gasteiger partial charge in [0.2, 0.25) is 5.91 Å². The number of rotatable bonds is 8. The Balaban J connectivity index is 2.85. The van der Waals surface area contributed by atoms with Crippen LogP contribution in [0.15, 0.2) is 0 Å². The van der Waals surface area contributed by atoms with E-state index in [0.29, 0.717) is 6.42 Å². The van der Waals surface area contributed by atoms with Crippen molar-refractivity contribution in [3.63, 3.8) is 0 Å². The number of methoxy groups -OCH3 is 2. The first-order chi connectivity index (χ1) is 11.4. The van der Waals surface area contributed by atoms with Crippen molar-refractivity contribution in [3.05, 3.63) is 0 Å². The van der Waals surface area contributed by atoms with Gasteiger partial charge in [0.1, 0.15) is 0 Å². The minimum absolute atomic E-state index is 0.00776. The number of nitrogens with zero attached hydrogens (tertiary/aromatic N) is 1. The van der Waals surface area contributed by atoms with Gasteiger partial charge >= 0.3 is 12.4 Å². The van der Waals surface area contributed by atoms with Crippen LogP contribution >= 0.6 is 0 Å². The lowest BCUT2D eigenvalue weighted by atomic mass is 9.83. The fourth-order valence-corrected chi connectivity index (χ4v) is 5.62. The van der Waals surface area contributed by atoms with Crippen molar-refractivity contribution in [2.24, 2.45) is 5.92 Å². The molecular weight excluding hydrogens is 342 g/mol. The van der Waals surface area contributed by atoms with Crippen molar-refractivity contribution < 1.29 is 28.9 Å². The number of hydrogen-bond acceptors (Lipinski definition) is 6. The maximum absolute atomic E-state index is 12.7. The van der Waals surface area contributed by atoms with Crippen molar-refractivity contribution in [2.75, 3.05) is 14.2 Å². The number of amides is 1. The van der Waals surface area contributed by atoms with E-state index in [4.69, 9.17) is 14.2 Å². The molecule has 1 amide bonds. The quantitative estimate of drug-likeness (QED) is 0.303. The molecule has 0 bridgehead atoms. The second kappa shape index (κ2) is 8.16. The summed E-state index contributed by atoms with van der Waals surface area (Å²) in [6.07, 6.45) is -0.150. The summed E-state index contributed by atoms with van der Waals surface area (Å²) in [5, 5.41) is 9.99. The number of hydrogen-bond donors (Lipinski definition) is 1. The summed E-state index contributed by atoms with van der Waals surface area (Å²) < 4.78 is 16.7. The fourth-order valence-electron chi connectivity index (χ4n) is 3.08. The van der Waals surface area contributed by atoms with Crippen LogP contribution in [0.3, 0.4) is 0 Å². The lowest BCUT2D eigenvalue weighted by Crippen LogP contribution is -2.74. The van der Waals surface area contributed by atoms with Gasteiger partial charge in [-0.15, -0.1) is 0 Å². The number of ether oxygens (including phenoxy) is 3. The third kappa shape index (κ3) is 4.61. The van der Waals surface area contributed by atoms with Gasteiger partial charge in [0.05, 0.1) is 12.0 Å². The maximum atomic E-state index is 12.7. The highest BCUT2D eigenvalue weighted by Gasteiger charge is 2.58. The summed E-state index contributed by atoms with van der Waals surface area (Å²) in [5.41, 5.74) is 0. The Kier molecular flexibility index (Phi) is 7.20. The summed E-state index contributed by atoms with van der Waals surface area (Å²) >= 11 is 0. The molecule has 1 heterocycles. The Morgan fingerprint density at radius 1 is 1.28 bits per heavy atom. The van der Waals surface area contributed by atoms with Gasteiger partial charge in [-0.05, 0) is 18.4 Å². The predicted molar refractivity (Wildman–Crippen MR) is 96.1 cm³/mol. The third-order valence-electron chi connectivity index (χ3n) is 5.48. The molecule has 0 saturated carbocycles. The van der Waals surface area contributed by atoms with Crippen LogP contribution in [0.5, 0.6) is 0 Å². The standard InChI is InChI=1S/C17H33NO6Si/c1-11(19)14-12(9-10-13(20)24-16(22-5)23-6)18(15(14)21)25(7,8)17(2,3)4/h11-12,14,16,19H,9-10H2,1-8H3. The monoisotopic (exact) mass is 375 g/mol. The number of esters is 1. The Bertz CT molecular complexity index is 484. The molecule has 3 unspecified atom stereocenters. The summed E-state index contributed by atoms with van der Waals surface area (Å²) in [7, 11) is 0.685. The highest BCUT2D eigenvalue weighted by Crippen LogP contribution is 2.46. The van der Waals surface area contributed by atoms with Crippen molar-refractivity contribution in [1.29, 1.82) is 0 Å². The van der Waals surface area contributed by atoms with E-state index < -0.39 is 32.7 Å². The molecule has 8 heteroatoms. The SMILES string of the molecule is COC(OC)OC(=O)CCC1C(C(C)O)C(=O)N1[Si](C)(C)C(C)(C)C. The molecule has 0 aromatic rings. The number of carbonyl (C=O) groups excluding carboxylic acids is 2. The van der Waals surface area contributed by atoms with Gasteiger partial charge in [-0.25, -0.2) is 0 Å². The molecular formula is C17H33NO6Si. The third-order valence-corrected chi connectivity index (χ3v) is 10.9. The molecule has 0 radical (unpaired) electrons. The summed E-state index contributed by atoms with van der Waals surface area (Å²) in [6, 6.07) is -0.149. The lowest BCUT2D eigenvalue weighted by Gasteiger charge is -2.59. The van der Waals surface area contributed by atoms with Gasteiger partial charge in [-0.1, -0.05) is 33.9 Å². The Morgan fingerprint density at radius 2 is 1.80 bits per heavy atom. The molecule has 0 aromatic heterocycles. The number of aliphatic hydroxyl groups is 1. The molecule has 1 aliphatic rings. The molecule has 1 saturated heterocycles. The van der Waals surface area contributed by atoms with Crippen LogP contribution in [0.1, 0.15) is 40.5 Å². The fraction of sp³-hybridized carbons (Fsp3) is 0.882. The summed E-state index contributed by atoms with van der Waals surface area (Å²) in [6.45, 7) is 11.3. The van der Waals surface area contributed by atoms with Crippen LogP contribution in [0, 0.1) is 5.92 Å². The molecule has 25 heavy (non-hydrogen) atoms. The summed E-state index contributed by atoms with van der Waals surface area (Å²) in [4.78, 5) is 24.7. The smallest absolute Gasteiger partial charge is 0.317 e. The zero-order valence-electron chi connectivity index (χ0n) is 16.7. The van der Waals surface area contributed by atoms with Gasteiger partial charge in [-0.2, -0.15) is 0 Å². The van der Waals surface area contributed by atoms with Gasteiger partial charge < -0.3 is 23.9 Å². The molecule has 7 nitrogen and oxygen atoms in total. The van der Waals surface area contributed by atoms with Gasteiger partial charge in [0, 0.05) is 26.7 Å². The molecule has 0 aliphatic carbocycles. The van der Waals surface area contributed by atoms with Crippen molar-refractivity contribution in [1.82, 2.24) is 4.57 Å². The topological polar surface area (TPSA) is 85.3 Å². The number of aliphatic hydroxyl groups excluding tert-OH is 1. The summed E-state index contributed by atoms with van der Waals surface area (Å²) in [5.74, 6) is -0.915. The molecule has 1 fully saturated rings. The van der Waals surface area contributed by atoms with Crippen LogP contribution in [-0.2, 0) is 23.8 Å². The van der Waals surface area contributed by atoms with Crippen LogP contribution in [0.4, 0.5) is 0 Å². The number of β-lactam (4-membered cyclic amide) rings is 1. The Morgan fingerprint density at radius 3 is 2.20 bits per heavy atom. The second-order valence-electron chi connectivity index (χ2n) is 8.14. The van der Waals surface area contributed by atoms with Crippen LogP contribution in [-0.4, -0.2) is 62.6 Å². The van der Waals surface area contributed by atoms with Crippen LogP contribution in [0.2, 0.25) is 18.1 Å². The van der Waals surface area contributed by atoms with E-state index in [1.165, 1.54) is 14.2 Å². The molecule has 0 aromatic carbocycles. The molecule has 146 valence electrons. The zero-order chi connectivity index (χ0) is 19.6. The van der Waals surface area contributed by atoms with E-state index in [1.807, 2.05) is 4.57 Å². The van der Waals surface area contributed by atoms with E-state index >= 15 is 0 Å². The maximum Gasteiger partial charge on any atom is 0.317 e. The van der Waals surface area contributed by atoms with Gasteiger partial charge in [0.15, 0.2) is 8.24 Å². The highest BCUT2D eigenvalue weighted by atomic mass is 28.3. The minimum Gasteiger partial charge on any atom is -0.410 e. The average Bonchev–Trinajstić information content (AvgIpc) is 2.46. The van der Waals surface area contributed by atoms with Crippen molar-refractivity contribution in [2.45, 2.75) is 77.3 Å². The average molecular weight is 376 g/mol. The number of carbonyl (C=O) groups is 2. The van der Waals surface area contributed by atoms with Gasteiger partial charge in [0.25, 0.3) is 0 Å². The largest absolute Gasteiger partial charge is 0.410 e. The zero-order valence-corrected chi connectivity index (χ0v) is 17.7. The first-order valence-corrected chi connectivity index (χ1v) is 11.6. The molecule has 0 spiro atoms. The predicted octanol–water partition coefficient (Wildman–Crippen LogP) is 2.10. The Hall–Kier alpha value is -0.963. The second-order valence-corrected chi connectivity index (χ2v) is 13.2. The van der Waals surface area contributed by atoms with Gasteiger partial charge in [-0.3, -0.25) is 9.59 Å². The van der Waals surface area contributed by atoms with E-state index in [9.17, 15) is 14.7 Å². The van der Waals surface area contributed by atoms with Crippen LogP contribution in [0.25, 0.3) is 0 Å². The Labute approximate surface area is 151 Å². The minimum atomic E-state index is -2.08. The van der Waals surface area contributed by atoms with Crippen LogP contribution < -0.4 is 0 Å². The normalized spacial score (nSPS) is 22.8. The highest BCUT2D eigenvalue weighted by molar-refractivity contribution is 6.80. The van der Waals surface area contributed by atoms with Crippen molar-refractivity contribution in [3.8, 4) is 0 Å². The van der Waals surface area contributed by atoms with E-state index in [1.54, 1.807) is 6.92 Å². The van der Waals surface area contributed by atoms with E-state index in [2.05, 4.69) is 33.9 Å². The van der Waals surface area contributed by atoms with E-state index in [0.717, 1.165) is 0 Å². The lowest BCUT2D eigenvalue weighted by molar-refractivity contribution is -0.255. The first-order valence-electron chi connectivity index (χ1n) is 8.64.